The molecule has 11 heteroatoms. The van der Waals surface area contributed by atoms with Crippen LogP contribution in [0.5, 0.6) is 0 Å². The van der Waals surface area contributed by atoms with Crippen LogP contribution in [0.3, 0.4) is 0 Å². The van der Waals surface area contributed by atoms with E-state index in [1.807, 2.05) is 0 Å². The Labute approximate surface area is 155 Å². The average Bonchev–Trinajstić information content (AvgIpc) is 2.42. The van der Waals surface area contributed by atoms with Crippen LogP contribution in [-0.2, 0) is 21.3 Å². The SMILES string of the molecule is O=C(OCCO)c1cc(S(=O)(=O)O)cc(CCO)c1C(=O)O.[H-].[Na+]. The second-order valence-corrected chi connectivity index (χ2v) is 5.54. The van der Waals surface area contributed by atoms with Crippen LogP contribution in [0.4, 0.5) is 0 Å². The number of rotatable bonds is 7. The molecule has 4 N–H and O–H groups in total. The first kappa shape index (κ1) is 22.0. The molecule has 0 amide bonds. The number of hydrogen-bond donors (Lipinski definition) is 4. The molecule has 0 atom stereocenters. The molecule has 0 aliphatic carbocycles. The predicted octanol–water partition coefficient (Wildman–Crippen LogP) is -3.57. The normalized spacial score (nSPS) is 10.7. The number of carbonyl (C=O) groups excluding carboxylic acids is 1. The van der Waals surface area contributed by atoms with Crippen LogP contribution in [-0.4, -0.2) is 60.0 Å². The summed E-state index contributed by atoms with van der Waals surface area (Å²) in [7, 11) is -4.69. The van der Waals surface area contributed by atoms with Gasteiger partial charge in [0.1, 0.15) is 6.61 Å². The van der Waals surface area contributed by atoms with Gasteiger partial charge in [-0.15, -0.1) is 0 Å². The number of esters is 1. The van der Waals surface area contributed by atoms with E-state index in [-0.39, 0.29) is 43.0 Å². The molecule has 0 saturated carbocycles. The third-order valence-corrected chi connectivity index (χ3v) is 3.46. The van der Waals surface area contributed by atoms with Crippen molar-refractivity contribution < 1.29 is 73.6 Å². The van der Waals surface area contributed by atoms with Gasteiger partial charge in [0.15, 0.2) is 0 Å². The van der Waals surface area contributed by atoms with E-state index in [0.29, 0.717) is 6.07 Å². The van der Waals surface area contributed by atoms with Gasteiger partial charge < -0.3 is 21.5 Å². The molecule has 124 valence electrons. The van der Waals surface area contributed by atoms with Gasteiger partial charge in [-0.3, -0.25) is 4.55 Å². The molecule has 0 aromatic heterocycles. The van der Waals surface area contributed by atoms with Crippen LogP contribution in [0, 0.1) is 0 Å². The molecular formula is C12H15NaO9S. The van der Waals surface area contributed by atoms with Gasteiger partial charge in [-0.05, 0) is 24.1 Å². The van der Waals surface area contributed by atoms with Crippen LogP contribution in [0.25, 0.3) is 0 Å². The minimum absolute atomic E-state index is 0. The molecule has 1 rings (SSSR count). The van der Waals surface area contributed by atoms with Crippen molar-refractivity contribution in [3.63, 3.8) is 0 Å². The molecule has 0 spiro atoms. The Kier molecular flexibility index (Phi) is 8.92. The average molecular weight is 358 g/mol. The van der Waals surface area contributed by atoms with Crippen molar-refractivity contribution in [2.45, 2.75) is 11.3 Å². The monoisotopic (exact) mass is 358 g/mol. The first-order valence-corrected chi connectivity index (χ1v) is 7.43. The maximum absolute atomic E-state index is 11.8. The molecule has 0 unspecified atom stereocenters. The maximum Gasteiger partial charge on any atom is 1.00 e. The Hall–Kier alpha value is -1.01. The van der Waals surface area contributed by atoms with Gasteiger partial charge in [-0.2, -0.15) is 8.42 Å². The van der Waals surface area contributed by atoms with E-state index in [1.54, 1.807) is 0 Å². The summed E-state index contributed by atoms with van der Waals surface area (Å²) in [6.45, 7) is -1.42. The Bertz CT molecular complexity index is 690. The van der Waals surface area contributed by atoms with Gasteiger partial charge >= 0.3 is 41.5 Å². The number of carboxylic acid groups (broad SMARTS) is 1. The van der Waals surface area contributed by atoms with Crippen molar-refractivity contribution in [3.05, 3.63) is 28.8 Å². The van der Waals surface area contributed by atoms with Gasteiger partial charge in [-0.25, -0.2) is 9.59 Å². The van der Waals surface area contributed by atoms with Crippen molar-refractivity contribution >= 4 is 22.1 Å². The molecule has 0 aliphatic heterocycles. The van der Waals surface area contributed by atoms with E-state index in [2.05, 4.69) is 4.74 Å². The Morgan fingerprint density at radius 1 is 1.17 bits per heavy atom. The predicted molar refractivity (Wildman–Crippen MR) is 72.5 cm³/mol. The van der Waals surface area contributed by atoms with E-state index in [9.17, 15) is 23.1 Å². The molecule has 23 heavy (non-hydrogen) atoms. The number of aliphatic hydroxyl groups excluding tert-OH is 2. The molecular weight excluding hydrogens is 343 g/mol. The van der Waals surface area contributed by atoms with Crippen LogP contribution in [0.15, 0.2) is 17.0 Å². The van der Waals surface area contributed by atoms with Crippen molar-refractivity contribution in [2.75, 3.05) is 19.8 Å². The zero-order chi connectivity index (χ0) is 16.9. The van der Waals surface area contributed by atoms with Gasteiger partial charge in [0.25, 0.3) is 10.1 Å². The van der Waals surface area contributed by atoms with Gasteiger partial charge in [0.05, 0.1) is 22.6 Å². The van der Waals surface area contributed by atoms with E-state index < -0.39 is 57.9 Å². The van der Waals surface area contributed by atoms with Crippen molar-refractivity contribution in [2.24, 2.45) is 0 Å². The third-order valence-electron chi connectivity index (χ3n) is 2.63. The first-order chi connectivity index (χ1) is 10.2. The third kappa shape index (κ3) is 5.84. The molecule has 1 aromatic rings. The van der Waals surface area contributed by atoms with Crippen LogP contribution in [0.1, 0.15) is 27.7 Å². The van der Waals surface area contributed by atoms with Crippen molar-refractivity contribution in [1.29, 1.82) is 0 Å². The molecule has 0 saturated heterocycles. The number of hydrogen-bond acceptors (Lipinski definition) is 7. The number of carboxylic acids is 1. The summed E-state index contributed by atoms with van der Waals surface area (Å²) < 4.78 is 36.1. The largest absolute Gasteiger partial charge is 1.00 e. The standard InChI is InChI=1S/C12H14O9S.Na.H/c13-2-1-7-5-8(22(18,19)20)6-9(10(7)11(15)16)12(17)21-4-3-14;;/h5-6,13-14H,1-4H2,(H,15,16)(H,18,19,20);;/q;+1;-1. The zero-order valence-electron chi connectivity index (χ0n) is 13.2. The van der Waals surface area contributed by atoms with Crippen molar-refractivity contribution in [3.8, 4) is 0 Å². The van der Waals surface area contributed by atoms with Crippen molar-refractivity contribution in [1.82, 2.24) is 0 Å². The summed E-state index contributed by atoms with van der Waals surface area (Å²) in [6, 6.07) is 1.52. The minimum Gasteiger partial charge on any atom is -1.00 e. The molecule has 0 aliphatic rings. The second kappa shape index (κ2) is 9.33. The molecule has 0 bridgehead atoms. The number of ether oxygens (including phenoxy) is 1. The Morgan fingerprint density at radius 3 is 2.22 bits per heavy atom. The molecule has 0 heterocycles. The smallest absolute Gasteiger partial charge is 1.00 e. The van der Waals surface area contributed by atoms with E-state index >= 15 is 0 Å². The summed E-state index contributed by atoms with van der Waals surface area (Å²) in [5, 5.41) is 26.7. The fourth-order valence-corrected chi connectivity index (χ4v) is 2.33. The summed E-state index contributed by atoms with van der Waals surface area (Å²) in [6.07, 6.45) is -0.245. The van der Waals surface area contributed by atoms with E-state index in [1.165, 1.54) is 0 Å². The van der Waals surface area contributed by atoms with E-state index in [4.69, 9.17) is 14.8 Å². The number of aromatic carboxylic acids is 1. The quantitative estimate of drug-likeness (QED) is 0.220. The van der Waals surface area contributed by atoms with Crippen LogP contribution >= 0.6 is 0 Å². The summed E-state index contributed by atoms with van der Waals surface area (Å²) in [5.74, 6) is -2.70. The van der Waals surface area contributed by atoms with Gasteiger partial charge in [0, 0.05) is 6.61 Å². The Balaban J connectivity index is 0. The molecule has 1 aromatic carbocycles. The minimum atomic E-state index is -4.69. The van der Waals surface area contributed by atoms with E-state index in [0.717, 1.165) is 6.07 Å². The van der Waals surface area contributed by atoms with Gasteiger partial charge in [0.2, 0.25) is 0 Å². The summed E-state index contributed by atoms with van der Waals surface area (Å²) >= 11 is 0. The first-order valence-electron chi connectivity index (χ1n) is 5.99. The van der Waals surface area contributed by atoms with Crippen LogP contribution in [0.2, 0.25) is 0 Å². The number of benzene rings is 1. The van der Waals surface area contributed by atoms with Crippen LogP contribution < -0.4 is 29.6 Å². The number of carbonyl (C=O) groups is 2. The molecule has 9 nitrogen and oxygen atoms in total. The molecule has 0 radical (unpaired) electrons. The Morgan fingerprint density at radius 2 is 1.78 bits per heavy atom. The molecule has 0 fully saturated rings. The summed E-state index contributed by atoms with van der Waals surface area (Å²) in [4.78, 5) is 22.4. The maximum atomic E-state index is 11.8. The summed E-state index contributed by atoms with van der Waals surface area (Å²) in [5.41, 5.74) is -1.29. The topological polar surface area (TPSA) is 158 Å². The zero-order valence-corrected chi connectivity index (χ0v) is 15.0. The fraction of sp³-hybridized carbons (Fsp3) is 0.333. The van der Waals surface area contributed by atoms with Gasteiger partial charge in [-0.1, -0.05) is 0 Å². The number of aliphatic hydroxyl groups is 2. The second-order valence-electron chi connectivity index (χ2n) is 4.12. The fourth-order valence-electron chi connectivity index (χ4n) is 1.77.